The molecule has 0 spiro atoms. The lowest BCUT2D eigenvalue weighted by molar-refractivity contribution is 0.0595. The molecule has 2 heterocycles. The molecule has 0 atom stereocenters. The van der Waals surface area contributed by atoms with Crippen molar-refractivity contribution >= 4 is 27.3 Å². The fraction of sp³-hybridized carbons (Fsp3) is 0.476. The van der Waals surface area contributed by atoms with E-state index in [1.165, 1.54) is 18.4 Å². The monoisotopic (exact) mass is 436 g/mol. The number of fused-ring (bicyclic) bond motifs is 1. The number of sulfonamides is 1. The smallest absolute Gasteiger partial charge is 0.340 e. The van der Waals surface area contributed by atoms with Gasteiger partial charge in [-0.2, -0.15) is 0 Å². The molecule has 29 heavy (non-hydrogen) atoms. The number of hydrogen-bond acceptors (Lipinski definition) is 6. The Morgan fingerprint density at radius 1 is 1.24 bits per heavy atom. The predicted molar refractivity (Wildman–Crippen MR) is 115 cm³/mol. The number of carbonyl (C=O) groups excluding carboxylic acids is 1. The Morgan fingerprint density at radius 2 is 1.93 bits per heavy atom. The van der Waals surface area contributed by atoms with Crippen molar-refractivity contribution in [1.82, 2.24) is 9.62 Å². The van der Waals surface area contributed by atoms with E-state index < -0.39 is 16.0 Å². The lowest BCUT2D eigenvalue weighted by atomic mass is 9.94. The summed E-state index contributed by atoms with van der Waals surface area (Å²) in [6, 6.07) is 9.31. The molecule has 8 heteroatoms. The Hall–Kier alpha value is -1.74. The third-order valence-corrected chi connectivity index (χ3v) is 7.88. The summed E-state index contributed by atoms with van der Waals surface area (Å²) in [5.41, 5.74) is 2.01. The van der Waals surface area contributed by atoms with E-state index in [-0.39, 0.29) is 21.7 Å². The summed E-state index contributed by atoms with van der Waals surface area (Å²) in [6.45, 7) is 9.06. The summed E-state index contributed by atoms with van der Waals surface area (Å²) < 4.78 is 33.7. The maximum absolute atomic E-state index is 13.1. The maximum atomic E-state index is 13.1. The average Bonchev–Trinajstić information content (AvgIpc) is 3.05. The first-order valence-electron chi connectivity index (χ1n) is 9.59. The van der Waals surface area contributed by atoms with Crippen molar-refractivity contribution in [2.75, 3.05) is 20.2 Å². The number of thiophene rings is 1. The van der Waals surface area contributed by atoms with Gasteiger partial charge in [-0.15, -0.1) is 11.3 Å². The molecule has 0 radical (unpaired) electrons. The van der Waals surface area contributed by atoms with Gasteiger partial charge in [0.05, 0.1) is 12.7 Å². The van der Waals surface area contributed by atoms with Crippen LogP contribution in [0, 0.1) is 5.41 Å². The first kappa shape index (κ1) is 22.0. The van der Waals surface area contributed by atoms with Crippen molar-refractivity contribution in [3.05, 3.63) is 51.9 Å². The SMILES string of the molecule is COC(=O)c1c(S(=O)(=O)NCc2ccccc2)sc2c1CCN(CC(C)(C)C)C2. The zero-order valence-electron chi connectivity index (χ0n) is 17.3. The van der Waals surface area contributed by atoms with E-state index in [9.17, 15) is 13.2 Å². The Bertz CT molecular complexity index is 976. The second kappa shape index (κ2) is 8.55. The Balaban J connectivity index is 1.91. The number of methoxy groups -OCH3 is 1. The average molecular weight is 437 g/mol. The van der Waals surface area contributed by atoms with Crippen molar-refractivity contribution in [1.29, 1.82) is 0 Å². The van der Waals surface area contributed by atoms with Crippen LogP contribution in [0.2, 0.25) is 0 Å². The number of benzene rings is 1. The highest BCUT2D eigenvalue weighted by Crippen LogP contribution is 2.37. The lowest BCUT2D eigenvalue weighted by Crippen LogP contribution is -2.36. The first-order valence-corrected chi connectivity index (χ1v) is 11.9. The molecule has 1 aliphatic heterocycles. The fourth-order valence-corrected chi connectivity index (χ4v) is 6.56. The van der Waals surface area contributed by atoms with Gasteiger partial charge in [0.15, 0.2) is 0 Å². The maximum Gasteiger partial charge on any atom is 0.340 e. The zero-order chi connectivity index (χ0) is 21.2. The topological polar surface area (TPSA) is 75.7 Å². The van der Waals surface area contributed by atoms with Crippen LogP contribution in [0.1, 0.15) is 47.1 Å². The number of carbonyl (C=O) groups is 1. The van der Waals surface area contributed by atoms with E-state index in [1.54, 1.807) is 0 Å². The minimum atomic E-state index is -3.84. The van der Waals surface area contributed by atoms with Gasteiger partial charge in [0.25, 0.3) is 10.0 Å². The largest absolute Gasteiger partial charge is 0.465 e. The van der Waals surface area contributed by atoms with Gasteiger partial charge in [-0.1, -0.05) is 51.1 Å². The second-order valence-corrected chi connectivity index (χ2v) is 11.6. The molecule has 158 valence electrons. The van der Waals surface area contributed by atoms with Gasteiger partial charge < -0.3 is 4.74 Å². The molecule has 1 aromatic heterocycles. The minimum absolute atomic E-state index is 0.0582. The lowest BCUT2D eigenvalue weighted by Gasteiger charge is -2.32. The number of hydrogen-bond donors (Lipinski definition) is 1. The number of rotatable bonds is 6. The van der Waals surface area contributed by atoms with Crippen LogP contribution in [0.15, 0.2) is 34.5 Å². The standard InChI is InChI=1S/C21H28N2O4S2/c1-21(2,3)14-23-11-10-16-17(13-23)28-20(18(16)19(24)27-4)29(25,26)22-12-15-8-6-5-7-9-15/h5-9,22H,10-14H2,1-4H3. The Kier molecular flexibility index (Phi) is 6.48. The van der Waals surface area contributed by atoms with Gasteiger partial charge in [0.2, 0.25) is 0 Å². The normalized spacial score (nSPS) is 15.2. The van der Waals surface area contributed by atoms with E-state index in [4.69, 9.17) is 4.74 Å². The highest BCUT2D eigenvalue weighted by Gasteiger charge is 2.34. The van der Waals surface area contributed by atoms with Crippen LogP contribution in [0.4, 0.5) is 0 Å². The summed E-state index contributed by atoms with van der Waals surface area (Å²) in [7, 11) is -2.56. The molecule has 0 saturated heterocycles. The van der Waals surface area contributed by atoms with Crippen molar-refractivity contribution < 1.29 is 17.9 Å². The minimum Gasteiger partial charge on any atom is -0.465 e. The van der Waals surface area contributed by atoms with Crippen LogP contribution in [-0.2, 0) is 34.3 Å². The first-order chi connectivity index (χ1) is 13.6. The summed E-state index contributed by atoms with van der Waals surface area (Å²) in [6.07, 6.45) is 0.639. The molecule has 1 aliphatic rings. The van der Waals surface area contributed by atoms with E-state index in [0.29, 0.717) is 13.0 Å². The van der Waals surface area contributed by atoms with Gasteiger partial charge in [-0.25, -0.2) is 17.9 Å². The van der Waals surface area contributed by atoms with Crippen LogP contribution in [-0.4, -0.2) is 39.5 Å². The van der Waals surface area contributed by atoms with Crippen LogP contribution < -0.4 is 4.72 Å². The van der Waals surface area contributed by atoms with E-state index >= 15 is 0 Å². The molecule has 1 N–H and O–H groups in total. The Morgan fingerprint density at radius 3 is 2.55 bits per heavy atom. The van der Waals surface area contributed by atoms with Gasteiger partial charge in [0.1, 0.15) is 4.21 Å². The van der Waals surface area contributed by atoms with Crippen LogP contribution in [0.25, 0.3) is 0 Å². The van der Waals surface area contributed by atoms with Crippen molar-refractivity contribution in [3.8, 4) is 0 Å². The summed E-state index contributed by atoms with van der Waals surface area (Å²) in [4.78, 5) is 15.7. The Labute approximate surface area is 176 Å². The highest BCUT2D eigenvalue weighted by molar-refractivity contribution is 7.91. The number of nitrogens with zero attached hydrogens (tertiary/aromatic N) is 1. The summed E-state index contributed by atoms with van der Waals surface area (Å²) >= 11 is 1.18. The molecule has 0 amide bonds. The van der Waals surface area contributed by atoms with Gasteiger partial charge in [0, 0.05) is 31.1 Å². The molecule has 2 aromatic rings. The predicted octanol–water partition coefficient (Wildman–Crippen LogP) is 3.42. The van der Waals surface area contributed by atoms with Crippen LogP contribution in [0.5, 0.6) is 0 Å². The van der Waals surface area contributed by atoms with E-state index in [0.717, 1.165) is 29.1 Å². The zero-order valence-corrected chi connectivity index (χ0v) is 19.0. The molecule has 0 unspecified atom stereocenters. The highest BCUT2D eigenvalue weighted by atomic mass is 32.2. The second-order valence-electron chi connectivity index (χ2n) is 8.49. The van der Waals surface area contributed by atoms with E-state index in [2.05, 4.69) is 30.4 Å². The number of esters is 1. The molecule has 1 aromatic carbocycles. The van der Waals surface area contributed by atoms with E-state index in [1.807, 2.05) is 30.3 Å². The molecule has 0 fully saturated rings. The fourth-order valence-electron chi connectivity index (χ4n) is 3.57. The number of ether oxygens (including phenoxy) is 1. The van der Waals surface area contributed by atoms with Gasteiger partial charge in [-0.05, 0) is 23.0 Å². The quantitative estimate of drug-likeness (QED) is 0.703. The third-order valence-electron chi connectivity index (χ3n) is 4.74. The third kappa shape index (κ3) is 5.25. The molecule has 3 rings (SSSR count). The van der Waals surface area contributed by atoms with Crippen molar-refractivity contribution in [2.24, 2.45) is 5.41 Å². The van der Waals surface area contributed by atoms with Gasteiger partial charge >= 0.3 is 5.97 Å². The molecule has 6 nitrogen and oxygen atoms in total. The van der Waals surface area contributed by atoms with Crippen LogP contribution in [0.3, 0.4) is 0 Å². The summed E-state index contributed by atoms with van der Waals surface area (Å²) in [5, 5.41) is 0. The van der Waals surface area contributed by atoms with Crippen LogP contribution >= 0.6 is 11.3 Å². The van der Waals surface area contributed by atoms with Crippen molar-refractivity contribution in [2.45, 2.75) is 44.5 Å². The molecule has 0 bridgehead atoms. The molecule has 0 aliphatic carbocycles. The molecule has 0 saturated carbocycles. The molecular weight excluding hydrogens is 408 g/mol. The van der Waals surface area contributed by atoms with Crippen molar-refractivity contribution in [3.63, 3.8) is 0 Å². The molecular formula is C21H28N2O4S2. The summed E-state index contributed by atoms with van der Waals surface area (Å²) in [5.74, 6) is -0.591. The number of nitrogens with one attached hydrogen (secondary N) is 1. The van der Waals surface area contributed by atoms with Gasteiger partial charge in [-0.3, -0.25) is 4.90 Å².